The molecule has 0 bridgehead atoms. The summed E-state index contributed by atoms with van der Waals surface area (Å²) in [5.41, 5.74) is 2.19. The number of hydrogen-bond acceptors (Lipinski definition) is 0. The number of para-hydroxylation sites is 1. The Morgan fingerprint density at radius 2 is 2.09 bits per heavy atom. The van der Waals surface area contributed by atoms with E-state index in [9.17, 15) is 0 Å². The molecule has 1 heteroatoms. The summed E-state index contributed by atoms with van der Waals surface area (Å²) in [4.78, 5) is 3.13. The lowest BCUT2D eigenvalue weighted by molar-refractivity contribution is 1.47. The van der Waals surface area contributed by atoms with E-state index in [2.05, 4.69) is 4.98 Å². The molecule has 1 aromatic carbocycles. The molecule has 0 amide bonds. The number of aromatic amines is 1. The monoisotopic (exact) mass is 142 g/mol. The Labute approximate surface area is 65.4 Å². The third-order valence-electron chi connectivity index (χ3n) is 1.80. The SMILES string of the molecule is [CH]=Cc1c[nH]c2ccccc12. The fourth-order valence-corrected chi connectivity index (χ4v) is 1.23. The van der Waals surface area contributed by atoms with Crippen LogP contribution in [0, 0.1) is 6.58 Å². The Balaban J connectivity index is 2.86. The highest BCUT2D eigenvalue weighted by atomic mass is 14.7. The maximum Gasteiger partial charge on any atom is 0.0460 e. The molecular formula is C10H8N. The van der Waals surface area contributed by atoms with Crippen LogP contribution in [0.4, 0.5) is 0 Å². The molecule has 0 spiro atoms. The summed E-state index contributed by atoms with van der Waals surface area (Å²) < 4.78 is 0. The van der Waals surface area contributed by atoms with Gasteiger partial charge in [-0.2, -0.15) is 0 Å². The molecule has 2 rings (SSSR count). The van der Waals surface area contributed by atoms with Crippen LogP contribution in [0.15, 0.2) is 30.5 Å². The second-order valence-corrected chi connectivity index (χ2v) is 2.46. The van der Waals surface area contributed by atoms with Gasteiger partial charge < -0.3 is 4.98 Å². The van der Waals surface area contributed by atoms with Gasteiger partial charge in [0.1, 0.15) is 0 Å². The molecule has 0 saturated carbocycles. The normalized spacial score (nSPS) is 10.2. The minimum atomic E-state index is 1.06. The molecule has 0 aliphatic heterocycles. The number of hydrogen-bond donors (Lipinski definition) is 1. The zero-order valence-electron chi connectivity index (χ0n) is 6.04. The topological polar surface area (TPSA) is 15.8 Å². The van der Waals surface area contributed by atoms with Crippen LogP contribution in [-0.4, -0.2) is 4.98 Å². The molecule has 0 fully saturated rings. The van der Waals surface area contributed by atoms with Gasteiger partial charge in [0.05, 0.1) is 0 Å². The van der Waals surface area contributed by atoms with E-state index in [0.29, 0.717) is 0 Å². The maximum atomic E-state index is 5.42. The van der Waals surface area contributed by atoms with Gasteiger partial charge in [-0.1, -0.05) is 30.9 Å². The van der Waals surface area contributed by atoms with Crippen molar-refractivity contribution in [2.24, 2.45) is 0 Å². The highest BCUT2D eigenvalue weighted by Crippen LogP contribution is 2.17. The van der Waals surface area contributed by atoms with E-state index in [1.165, 1.54) is 5.39 Å². The largest absolute Gasteiger partial charge is 0.361 e. The van der Waals surface area contributed by atoms with Crippen molar-refractivity contribution in [3.63, 3.8) is 0 Å². The molecule has 0 aliphatic carbocycles. The van der Waals surface area contributed by atoms with Crippen LogP contribution in [-0.2, 0) is 0 Å². The van der Waals surface area contributed by atoms with Gasteiger partial charge >= 0.3 is 0 Å². The summed E-state index contributed by atoms with van der Waals surface area (Å²) in [6, 6.07) is 8.08. The lowest BCUT2D eigenvalue weighted by Gasteiger charge is -1.87. The van der Waals surface area contributed by atoms with Crippen LogP contribution in [0.1, 0.15) is 5.56 Å². The zero-order chi connectivity index (χ0) is 7.68. The van der Waals surface area contributed by atoms with Gasteiger partial charge in [-0.3, -0.25) is 0 Å². The summed E-state index contributed by atoms with van der Waals surface area (Å²) >= 11 is 0. The molecule has 0 aliphatic rings. The minimum absolute atomic E-state index is 1.06. The first kappa shape index (κ1) is 6.23. The molecular weight excluding hydrogens is 134 g/mol. The second kappa shape index (κ2) is 2.27. The van der Waals surface area contributed by atoms with Crippen LogP contribution < -0.4 is 0 Å². The third kappa shape index (κ3) is 0.855. The minimum Gasteiger partial charge on any atom is -0.361 e. The number of benzene rings is 1. The summed E-state index contributed by atoms with van der Waals surface area (Å²) in [7, 11) is 0. The van der Waals surface area contributed by atoms with Gasteiger partial charge in [0.15, 0.2) is 0 Å². The van der Waals surface area contributed by atoms with Gasteiger partial charge in [0.2, 0.25) is 0 Å². The van der Waals surface area contributed by atoms with Crippen LogP contribution in [0.25, 0.3) is 17.0 Å². The Kier molecular flexibility index (Phi) is 1.29. The van der Waals surface area contributed by atoms with Crippen molar-refractivity contribution in [3.8, 4) is 0 Å². The molecule has 1 heterocycles. The molecule has 1 aromatic heterocycles. The standard InChI is InChI=1S/C10H8N/c1-2-8-7-11-10-6-4-3-5-9(8)10/h1-7,11H. The highest BCUT2D eigenvalue weighted by molar-refractivity contribution is 5.88. The van der Waals surface area contributed by atoms with Crippen molar-refractivity contribution < 1.29 is 0 Å². The van der Waals surface area contributed by atoms with E-state index in [0.717, 1.165) is 11.1 Å². The first-order valence-corrected chi connectivity index (χ1v) is 3.53. The predicted molar refractivity (Wildman–Crippen MR) is 47.1 cm³/mol. The number of aromatic nitrogens is 1. The zero-order valence-corrected chi connectivity index (χ0v) is 6.04. The Bertz CT molecular complexity index is 384. The lowest BCUT2D eigenvalue weighted by Crippen LogP contribution is -1.65. The molecule has 0 unspecified atom stereocenters. The lowest BCUT2D eigenvalue weighted by atomic mass is 10.2. The van der Waals surface area contributed by atoms with Crippen molar-refractivity contribution >= 4 is 17.0 Å². The summed E-state index contributed by atoms with van der Waals surface area (Å²) in [6.45, 7) is 5.42. The van der Waals surface area contributed by atoms with Crippen LogP contribution in [0.2, 0.25) is 0 Å². The molecule has 53 valence electrons. The number of H-pyrrole nitrogens is 1. The number of rotatable bonds is 1. The molecule has 0 atom stereocenters. The first-order valence-electron chi connectivity index (χ1n) is 3.53. The average Bonchev–Trinajstić information content (AvgIpc) is 2.47. The second-order valence-electron chi connectivity index (χ2n) is 2.46. The van der Waals surface area contributed by atoms with E-state index < -0.39 is 0 Å². The van der Waals surface area contributed by atoms with Crippen LogP contribution in [0.5, 0.6) is 0 Å². The van der Waals surface area contributed by atoms with Crippen molar-refractivity contribution in [2.75, 3.05) is 0 Å². The Morgan fingerprint density at radius 1 is 1.27 bits per heavy atom. The number of nitrogens with one attached hydrogen (secondary N) is 1. The van der Waals surface area contributed by atoms with Crippen LogP contribution in [0.3, 0.4) is 0 Å². The highest BCUT2D eigenvalue weighted by Gasteiger charge is 1.96. The quantitative estimate of drug-likeness (QED) is 0.630. The molecule has 1 nitrogen and oxygen atoms in total. The van der Waals surface area contributed by atoms with Crippen molar-refractivity contribution in [1.29, 1.82) is 0 Å². The molecule has 2 aromatic rings. The van der Waals surface area contributed by atoms with E-state index in [4.69, 9.17) is 6.58 Å². The van der Waals surface area contributed by atoms with Gasteiger partial charge in [0.25, 0.3) is 0 Å². The molecule has 11 heavy (non-hydrogen) atoms. The first-order chi connectivity index (χ1) is 5.42. The van der Waals surface area contributed by atoms with E-state index in [-0.39, 0.29) is 0 Å². The maximum absolute atomic E-state index is 5.42. The van der Waals surface area contributed by atoms with E-state index in [1.807, 2.05) is 30.5 Å². The van der Waals surface area contributed by atoms with Gasteiger partial charge in [-0.25, -0.2) is 0 Å². The fraction of sp³-hybridized carbons (Fsp3) is 0. The third-order valence-corrected chi connectivity index (χ3v) is 1.80. The van der Waals surface area contributed by atoms with Crippen LogP contribution >= 0.6 is 0 Å². The average molecular weight is 142 g/mol. The smallest absolute Gasteiger partial charge is 0.0460 e. The van der Waals surface area contributed by atoms with E-state index in [1.54, 1.807) is 6.08 Å². The summed E-state index contributed by atoms with van der Waals surface area (Å²) in [6.07, 6.45) is 3.52. The fourth-order valence-electron chi connectivity index (χ4n) is 1.23. The van der Waals surface area contributed by atoms with Gasteiger partial charge in [-0.05, 0) is 11.6 Å². The summed E-state index contributed by atoms with van der Waals surface area (Å²) in [5, 5.41) is 1.18. The predicted octanol–water partition coefficient (Wildman–Crippen LogP) is 2.61. The van der Waals surface area contributed by atoms with Crippen molar-refractivity contribution in [2.45, 2.75) is 0 Å². The Morgan fingerprint density at radius 3 is 2.91 bits per heavy atom. The molecule has 1 radical (unpaired) electrons. The van der Waals surface area contributed by atoms with E-state index >= 15 is 0 Å². The molecule has 0 saturated heterocycles. The number of fused-ring (bicyclic) bond motifs is 1. The summed E-state index contributed by atoms with van der Waals surface area (Å²) in [5.74, 6) is 0. The van der Waals surface area contributed by atoms with Crippen molar-refractivity contribution in [1.82, 2.24) is 4.98 Å². The van der Waals surface area contributed by atoms with Gasteiger partial charge in [-0.15, -0.1) is 0 Å². The Hall–Kier alpha value is -1.50. The molecule has 1 N–H and O–H groups in total. The van der Waals surface area contributed by atoms with Crippen molar-refractivity contribution in [3.05, 3.63) is 42.6 Å². The van der Waals surface area contributed by atoms with Gasteiger partial charge in [0, 0.05) is 17.1 Å².